The summed E-state index contributed by atoms with van der Waals surface area (Å²) in [7, 11) is -8.15. The van der Waals surface area contributed by atoms with Crippen molar-refractivity contribution < 1.29 is 21.4 Å². The van der Waals surface area contributed by atoms with E-state index in [0.29, 0.717) is 0 Å². The van der Waals surface area contributed by atoms with Crippen molar-refractivity contribution >= 4 is 49.0 Å². The molecule has 0 heterocycles. The molecule has 1 atom stereocenters. The minimum absolute atomic E-state index is 0.0327. The van der Waals surface area contributed by atoms with Crippen molar-refractivity contribution in [3.8, 4) is 0 Å². The molecule has 0 radical (unpaired) electrons. The molecule has 0 saturated carbocycles. The maximum atomic E-state index is 12.1. The second kappa shape index (κ2) is 6.67. The van der Waals surface area contributed by atoms with Gasteiger partial charge in [0.25, 0.3) is 10.1 Å². The van der Waals surface area contributed by atoms with Crippen LogP contribution in [0.25, 0.3) is 0 Å². The maximum Gasteiger partial charge on any atom is 0.264 e. The van der Waals surface area contributed by atoms with Crippen molar-refractivity contribution in [2.24, 2.45) is 0 Å². The first kappa shape index (κ1) is 18.5. The van der Waals surface area contributed by atoms with Gasteiger partial charge in [0, 0.05) is 6.04 Å². The van der Waals surface area contributed by atoms with E-state index in [1.54, 1.807) is 0 Å². The lowest BCUT2D eigenvalue weighted by Crippen LogP contribution is -2.34. The number of anilines is 1. The fourth-order valence-corrected chi connectivity index (χ4v) is 4.18. The molecule has 7 nitrogen and oxygen atoms in total. The Hall–Kier alpha value is -0.580. The summed E-state index contributed by atoms with van der Waals surface area (Å²) in [5.41, 5.74) is 5.64. The Morgan fingerprint density at radius 2 is 1.81 bits per heavy atom. The molecule has 0 aliphatic carbocycles. The molecule has 21 heavy (non-hydrogen) atoms. The lowest BCUT2D eigenvalue weighted by molar-refractivity contribution is 0.475. The van der Waals surface area contributed by atoms with E-state index in [1.807, 2.05) is 0 Å². The van der Waals surface area contributed by atoms with Gasteiger partial charge in [-0.2, -0.15) is 8.42 Å². The summed E-state index contributed by atoms with van der Waals surface area (Å²) in [6.07, 6.45) is -0.0988. The number of rotatable bonds is 6. The van der Waals surface area contributed by atoms with Gasteiger partial charge in [-0.3, -0.25) is 4.55 Å². The number of nitrogens with one attached hydrogen (secondary N) is 1. The van der Waals surface area contributed by atoms with Crippen molar-refractivity contribution in [1.82, 2.24) is 4.72 Å². The van der Waals surface area contributed by atoms with E-state index in [9.17, 15) is 16.8 Å². The van der Waals surface area contributed by atoms with Crippen LogP contribution in [0.4, 0.5) is 5.69 Å². The Bertz CT molecular complexity index is 734. The van der Waals surface area contributed by atoms with E-state index in [-0.39, 0.29) is 27.0 Å². The van der Waals surface area contributed by atoms with Crippen LogP contribution in [0.3, 0.4) is 0 Å². The zero-order valence-electron chi connectivity index (χ0n) is 10.9. The van der Waals surface area contributed by atoms with Gasteiger partial charge in [-0.05, 0) is 25.5 Å². The molecule has 0 aromatic heterocycles. The second-order valence-electron chi connectivity index (χ2n) is 4.40. The van der Waals surface area contributed by atoms with Gasteiger partial charge < -0.3 is 5.73 Å². The predicted octanol–water partition coefficient (Wildman–Crippen LogP) is 1.52. The molecule has 1 aromatic rings. The monoisotopic (exact) mass is 376 g/mol. The lowest BCUT2D eigenvalue weighted by atomic mass is 10.3. The van der Waals surface area contributed by atoms with Gasteiger partial charge in [0.05, 0.1) is 21.5 Å². The standard InChI is InChI=1S/C10H14Cl2N2O5S2/c1-6(2-3-20(15,16)17)14-21(18,19)10-5-7(11)9(13)4-8(10)12/h4-6,14H,2-3,13H2,1H3,(H,15,16,17). The highest BCUT2D eigenvalue weighted by Gasteiger charge is 2.22. The van der Waals surface area contributed by atoms with Crippen LogP contribution in [0.15, 0.2) is 17.0 Å². The van der Waals surface area contributed by atoms with Crippen LogP contribution in [-0.2, 0) is 20.1 Å². The Labute approximate surface area is 133 Å². The minimum atomic E-state index is -4.16. The van der Waals surface area contributed by atoms with E-state index < -0.39 is 31.9 Å². The number of halogens is 2. The van der Waals surface area contributed by atoms with Crippen LogP contribution < -0.4 is 10.5 Å². The molecule has 0 bridgehead atoms. The number of sulfonamides is 1. The Kier molecular flexibility index (Phi) is 5.87. The van der Waals surface area contributed by atoms with Gasteiger partial charge in [0.1, 0.15) is 4.90 Å². The zero-order chi connectivity index (χ0) is 16.4. The van der Waals surface area contributed by atoms with Gasteiger partial charge in [0.15, 0.2) is 0 Å². The molecular formula is C10H14Cl2N2O5S2. The Balaban J connectivity index is 2.94. The fourth-order valence-electron chi connectivity index (χ4n) is 1.46. The number of hydrogen-bond donors (Lipinski definition) is 3. The van der Waals surface area contributed by atoms with Crippen LogP contribution in [-0.4, -0.2) is 33.2 Å². The van der Waals surface area contributed by atoms with E-state index in [0.717, 1.165) is 6.07 Å². The number of nitrogens with two attached hydrogens (primary N) is 1. The molecule has 120 valence electrons. The average Bonchev–Trinajstić information content (AvgIpc) is 2.29. The Morgan fingerprint density at radius 3 is 2.33 bits per heavy atom. The summed E-state index contributed by atoms with van der Waals surface area (Å²) in [4.78, 5) is -0.262. The molecular weight excluding hydrogens is 363 g/mol. The zero-order valence-corrected chi connectivity index (χ0v) is 14.0. The third-order valence-corrected chi connectivity index (χ3v) is 5.64. The molecule has 1 unspecified atom stereocenters. The molecule has 1 aromatic carbocycles. The molecule has 11 heteroatoms. The molecule has 0 saturated heterocycles. The number of hydrogen-bond acceptors (Lipinski definition) is 5. The molecule has 0 amide bonds. The van der Waals surface area contributed by atoms with Crippen molar-refractivity contribution in [2.75, 3.05) is 11.5 Å². The van der Waals surface area contributed by atoms with Gasteiger partial charge in [-0.1, -0.05) is 23.2 Å². The summed E-state index contributed by atoms with van der Waals surface area (Å²) in [6.45, 7) is 1.45. The van der Waals surface area contributed by atoms with E-state index in [2.05, 4.69) is 4.72 Å². The van der Waals surface area contributed by atoms with Crippen LogP contribution >= 0.6 is 23.2 Å². The van der Waals surface area contributed by atoms with Crippen molar-refractivity contribution in [3.63, 3.8) is 0 Å². The van der Waals surface area contributed by atoms with Crippen LogP contribution in [0.5, 0.6) is 0 Å². The Morgan fingerprint density at radius 1 is 1.24 bits per heavy atom. The van der Waals surface area contributed by atoms with Crippen LogP contribution in [0.1, 0.15) is 13.3 Å². The van der Waals surface area contributed by atoms with Crippen molar-refractivity contribution in [3.05, 3.63) is 22.2 Å². The quantitative estimate of drug-likeness (QED) is 0.510. The van der Waals surface area contributed by atoms with Crippen LogP contribution in [0.2, 0.25) is 10.0 Å². The maximum absolute atomic E-state index is 12.1. The molecule has 0 aliphatic heterocycles. The summed E-state index contributed by atoms with van der Waals surface area (Å²) in [5, 5.41) is -0.0725. The first-order valence-corrected chi connectivity index (χ1v) is 9.49. The van der Waals surface area contributed by atoms with Crippen molar-refractivity contribution in [2.45, 2.75) is 24.3 Å². The largest absolute Gasteiger partial charge is 0.397 e. The smallest absolute Gasteiger partial charge is 0.264 e. The molecule has 1 rings (SSSR count). The summed E-state index contributed by atoms with van der Waals surface area (Å²) in [6, 6.07) is 1.59. The SMILES string of the molecule is CC(CCS(=O)(=O)O)NS(=O)(=O)c1cc(Cl)c(N)cc1Cl. The summed E-state index contributed by atoms with van der Waals surface area (Å²) < 4.78 is 56.4. The van der Waals surface area contributed by atoms with E-state index >= 15 is 0 Å². The summed E-state index contributed by atoms with van der Waals surface area (Å²) in [5.74, 6) is -0.563. The first-order chi connectivity index (χ1) is 9.42. The van der Waals surface area contributed by atoms with E-state index in [1.165, 1.54) is 13.0 Å². The lowest BCUT2D eigenvalue weighted by Gasteiger charge is -2.15. The van der Waals surface area contributed by atoms with Gasteiger partial charge in [-0.15, -0.1) is 0 Å². The average molecular weight is 377 g/mol. The first-order valence-electron chi connectivity index (χ1n) is 5.64. The van der Waals surface area contributed by atoms with Gasteiger partial charge >= 0.3 is 0 Å². The highest BCUT2D eigenvalue weighted by atomic mass is 35.5. The third kappa shape index (κ3) is 5.61. The highest BCUT2D eigenvalue weighted by molar-refractivity contribution is 7.89. The van der Waals surface area contributed by atoms with Crippen LogP contribution in [0, 0.1) is 0 Å². The fraction of sp³-hybridized carbons (Fsp3) is 0.400. The molecule has 0 aliphatic rings. The third-order valence-electron chi connectivity index (χ3n) is 2.51. The number of benzene rings is 1. The predicted molar refractivity (Wildman–Crippen MR) is 81.7 cm³/mol. The molecule has 0 spiro atoms. The minimum Gasteiger partial charge on any atom is -0.397 e. The second-order valence-corrected chi connectivity index (χ2v) is 8.47. The van der Waals surface area contributed by atoms with Crippen molar-refractivity contribution in [1.29, 1.82) is 0 Å². The van der Waals surface area contributed by atoms with Gasteiger partial charge in [0.2, 0.25) is 10.0 Å². The number of nitrogen functional groups attached to an aromatic ring is 1. The normalized spacial score (nSPS) is 14.1. The molecule has 0 fully saturated rings. The summed E-state index contributed by atoms with van der Waals surface area (Å²) >= 11 is 11.6. The topological polar surface area (TPSA) is 127 Å². The highest BCUT2D eigenvalue weighted by Crippen LogP contribution is 2.30. The van der Waals surface area contributed by atoms with E-state index in [4.69, 9.17) is 33.5 Å². The van der Waals surface area contributed by atoms with Gasteiger partial charge in [-0.25, -0.2) is 13.1 Å². The molecule has 4 N–H and O–H groups in total.